The van der Waals surface area contributed by atoms with Crippen molar-refractivity contribution in [3.05, 3.63) is 66.2 Å². The summed E-state index contributed by atoms with van der Waals surface area (Å²) in [5, 5.41) is 0.729. The van der Waals surface area contributed by atoms with E-state index in [1.165, 1.54) is 16.9 Å². The zero-order valence-corrected chi connectivity index (χ0v) is 10.8. The molecule has 2 aromatic carbocycles. The van der Waals surface area contributed by atoms with Crippen molar-refractivity contribution in [2.24, 2.45) is 0 Å². The van der Waals surface area contributed by atoms with Crippen LogP contribution >= 0.6 is 11.8 Å². The molecular weight excluding hydrogens is 224 g/mol. The summed E-state index contributed by atoms with van der Waals surface area (Å²) >= 11 is 2.01. The SMILES string of the molecule is C[C@]1(c2ccccc2)C[C@@H]1Sc1ccccc1. The van der Waals surface area contributed by atoms with Gasteiger partial charge in [-0.2, -0.15) is 0 Å². The van der Waals surface area contributed by atoms with Gasteiger partial charge in [0.2, 0.25) is 0 Å². The van der Waals surface area contributed by atoms with Crippen molar-refractivity contribution in [2.75, 3.05) is 0 Å². The molecule has 0 unspecified atom stereocenters. The molecule has 0 aromatic heterocycles. The van der Waals surface area contributed by atoms with Crippen molar-refractivity contribution in [3.63, 3.8) is 0 Å². The molecule has 0 heterocycles. The molecule has 17 heavy (non-hydrogen) atoms. The first kappa shape index (κ1) is 10.9. The van der Waals surface area contributed by atoms with Gasteiger partial charge in [-0.25, -0.2) is 0 Å². The Morgan fingerprint density at radius 3 is 2.18 bits per heavy atom. The van der Waals surface area contributed by atoms with Gasteiger partial charge in [-0.05, 0) is 24.1 Å². The van der Waals surface area contributed by atoms with Gasteiger partial charge in [-0.15, -0.1) is 11.8 Å². The van der Waals surface area contributed by atoms with Gasteiger partial charge in [0.05, 0.1) is 0 Å². The van der Waals surface area contributed by atoms with E-state index in [0.29, 0.717) is 5.41 Å². The minimum atomic E-state index is 0.377. The molecule has 3 rings (SSSR count). The summed E-state index contributed by atoms with van der Waals surface area (Å²) in [6.07, 6.45) is 1.29. The second kappa shape index (κ2) is 4.23. The lowest BCUT2D eigenvalue weighted by molar-refractivity contribution is 0.792. The van der Waals surface area contributed by atoms with Gasteiger partial charge in [0.1, 0.15) is 0 Å². The van der Waals surface area contributed by atoms with Gasteiger partial charge in [-0.3, -0.25) is 0 Å². The van der Waals surface area contributed by atoms with E-state index < -0.39 is 0 Å². The molecule has 1 aliphatic carbocycles. The van der Waals surface area contributed by atoms with Crippen LogP contribution in [0.15, 0.2) is 65.6 Å². The molecule has 1 heteroatoms. The Morgan fingerprint density at radius 2 is 1.53 bits per heavy atom. The van der Waals surface area contributed by atoms with Gasteiger partial charge in [-0.1, -0.05) is 55.5 Å². The van der Waals surface area contributed by atoms with E-state index in [-0.39, 0.29) is 0 Å². The molecule has 0 radical (unpaired) electrons. The molecule has 0 saturated heterocycles. The van der Waals surface area contributed by atoms with Crippen LogP contribution in [0.3, 0.4) is 0 Å². The van der Waals surface area contributed by atoms with Gasteiger partial charge in [0, 0.05) is 15.6 Å². The van der Waals surface area contributed by atoms with Crippen molar-refractivity contribution in [3.8, 4) is 0 Å². The highest BCUT2D eigenvalue weighted by Gasteiger charge is 2.51. The maximum Gasteiger partial charge on any atom is 0.0198 e. The minimum Gasteiger partial charge on any atom is -0.122 e. The third-order valence-corrected chi connectivity index (χ3v) is 5.13. The van der Waals surface area contributed by atoms with Crippen LogP contribution in [0.2, 0.25) is 0 Å². The topological polar surface area (TPSA) is 0 Å². The lowest BCUT2D eigenvalue weighted by atomic mass is 9.99. The molecule has 0 N–H and O–H groups in total. The van der Waals surface area contributed by atoms with E-state index in [2.05, 4.69) is 67.6 Å². The summed E-state index contributed by atoms with van der Waals surface area (Å²) in [6, 6.07) is 21.6. The molecule has 0 amide bonds. The van der Waals surface area contributed by atoms with E-state index in [1.807, 2.05) is 11.8 Å². The third-order valence-electron chi connectivity index (χ3n) is 3.61. The van der Waals surface area contributed by atoms with E-state index in [9.17, 15) is 0 Å². The average Bonchev–Trinajstić information content (AvgIpc) is 3.04. The molecule has 0 aliphatic heterocycles. The maximum atomic E-state index is 2.38. The van der Waals surface area contributed by atoms with Crippen molar-refractivity contribution in [1.29, 1.82) is 0 Å². The molecule has 1 saturated carbocycles. The van der Waals surface area contributed by atoms with E-state index in [0.717, 1.165) is 5.25 Å². The Labute approximate surface area is 107 Å². The van der Waals surface area contributed by atoms with Crippen molar-refractivity contribution in [1.82, 2.24) is 0 Å². The monoisotopic (exact) mass is 240 g/mol. The van der Waals surface area contributed by atoms with Gasteiger partial charge in [0.15, 0.2) is 0 Å². The molecule has 0 nitrogen and oxygen atoms in total. The molecule has 2 aromatic rings. The van der Waals surface area contributed by atoms with Crippen LogP contribution < -0.4 is 0 Å². The Bertz CT molecular complexity index is 491. The first-order valence-corrected chi connectivity index (χ1v) is 6.94. The summed E-state index contributed by atoms with van der Waals surface area (Å²) in [4.78, 5) is 1.39. The molecule has 0 spiro atoms. The summed E-state index contributed by atoms with van der Waals surface area (Å²) < 4.78 is 0. The van der Waals surface area contributed by atoms with Gasteiger partial charge >= 0.3 is 0 Å². The molecule has 86 valence electrons. The first-order valence-electron chi connectivity index (χ1n) is 6.06. The van der Waals surface area contributed by atoms with E-state index in [4.69, 9.17) is 0 Å². The smallest absolute Gasteiger partial charge is 0.0198 e. The third kappa shape index (κ3) is 2.12. The van der Waals surface area contributed by atoms with Crippen molar-refractivity contribution in [2.45, 2.75) is 28.9 Å². The van der Waals surface area contributed by atoms with Gasteiger partial charge in [0.25, 0.3) is 0 Å². The molecular formula is C16H16S. The predicted molar refractivity (Wildman–Crippen MR) is 74.5 cm³/mol. The van der Waals surface area contributed by atoms with Crippen LogP contribution in [0.25, 0.3) is 0 Å². The molecule has 1 aliphatic rings. The zero-order valence-electron chi connectivity index (χ0n) is 9.97. The molecule has 0 bridgehead atoms. The Balaban J connectivity index is 1.74. The fraction of sp³-hybridized carbons (Fsp3) is 0.250. The predicted octanol–water partition coefficient (Wildman–Crippen LogP) is 4.51. The summed E-state index contributed by atoms with van der Waals surface area (Å²) in [5.74, 6) is 0. The largest absolute Gasteiger partial charge is 0.122 e. The second-order valence-electron chi connectivity index (χ2n) is 4.91. The highest BCUT2D eigenvalue weighted by molar-refractivity contribution is 8.00. The Hall–Kier alpha value is -1.21. The van der Waals surface area contributed by atoms with Crippen LogP contribution in [0.4, 0.5) is 0 Å². The quantitative estimate of drug-likeness (QED) is 0.760. The zero-order chi connectivity index (χ0) is 11.7. The van der Waals surface area contributed by atoms with Crippen LogP contribution in [0.5, 0.6) is 0 Å². The standard InChI is InChI=1S/C16H16S/c1-16(13-8-4-2-5-9-13)12-15(16)17-14-10-6-3-7-11-14/h2-11,15H,12H2,1H3/t15-,16+/m0/s1. The van der Waals surface area contributed by atoms with Crippen LogP contribution in [0.1, 0.15) is 18.9 Å². The summed E-state index contributed by atoms with van der Waals surface area (Å²) in [6.45, 7) is 2.38. The van der Waals surface area contributed by atoms with E-state index >= 15 is 0 Å². The highest BCUT2D eigenvalue weighted by Crippen LogP contribution is 2.56. The molecule has 2 atom stereocenters. The van der Waals surface area contributed by atoms with Crippen molar-refractivity contribution >= 4 is 11.8 Å². The number of hydrogen-bond donors (Lipinski definition) is 0. The minimum absolute atomic E-state index is 0.377. The van der Waals surface area contributed by atoms with E-state index in [1.54, 1.807) is 0 Å². The Morgan fingerprint density at radius 1 is 0.941 bits per heavy atom. The lowest BCUT2D eigenvalue weighted by Gasteiger charge is -2.11. The highest BCUT2D eigenvalue weighted by atomic mass is 32.2. The lowest BCUT2D eigenvalue weighted by Crippen LogP contribution is -2.04. The summed E-state index contributed by atoms with van der Waals surface area (Å²) in [7, 11) is 0. The number of thioether (sulfide) groups is 1. The van der Waals surface area contributed by atoms with Crippen molar-refractivity contribution < 1.29 is 0 Å². The summed E-state index contributed by atoms with van der Waals surface area (Å²) in [5.41, 5.74) is 1.86. The van der Waals surface area contributed by atoms with Crippen LogP contribution in [0, 0.1) is 0 Å². The Kier molecular flexibility index (Phi) is 2.71. The maximum absolute atomic E-state index is 2.38. The average molecular weight is 240 g/mol. The second-order valence-corrected chi connectivity index (χ2v) is 6.18. The van der Waals surface area contributed by atoms with Crippen LogP contribution in [-0.4, -0.2) is 5.25 Å². The molecule has 1 fully saturated rings. The fourth-order valence-electron chi connectivity index (χ4n) is 2.28. The van der Waals surface area contributed by atoms with Crippen LogP contribution in [-0.2, 0) is 5.41 Å². The van der Waals surface area contributed by atoms with Gasteiger partial charge < -0.3 is 0 Å². The first-order chi connectivity index (χ1) is 8.29. The number of hydrogen-bond acceptors (Lipinski definition) is 1. The fourth-order valence-corrected chi connectivity index (χ4v) is 3.75. The number of benzene rings is 2. The number of rotatable bonds is 3. The normalized spacial score (nSPS) is 26.8.